The molecule has 0 radical (unpaired) electrons. The quantitative estimate of drug-likeness (QED) is 0.297. The van der Waals surface area contributed by atoms with E-state index in [4.69, 9.17) is 6.90 Å². The van der Waals surface area contributed by atoms with Gasteiger partial charge in [0.05, 0.1) is 0 Å². The van der Waals surface area contributed by atoms with Crippen molar-refractivity contribution in [1.82, 2.24) is 0 Å². The summed E-state index contributed by atoms with van der Waals surface area (Å²) in [4.78, 5) is 0. The van der Waals surface area contributed by atoms with E-state index in [0.717, 1.165) is 0 Å². The third kappa shape index (κ3) is 9.49. The molecular weight excluding hydrogens is 607 g/mol. The van der Waals surface area contributed by atoms with Crippen LogP contribution in [0.2, 0.25) is 0 Å². The Labute approximate surface area is 209 Å². The topological polar surface area (TPSA) is 130 Å². The summed E-state index contributed by atoms with van der Waals surface area (Å²) < 4.78 is 90.4. The van der Waals surface area contributed by atoms with E-state index in [2.05, 4.69) is 0 Å². The van der Waals surface area contributed by atoms with Crippen LogP contribution in [-0.2, 0) is 54.5 Å². The standard InChI is InChI=1S/3C7H8O3S.In/c3*8-11(9,10)6-7-4-2-1-3-5-7;/h3*1-5H,6H2,(H,8,9,10);/q;;;+3/p-3. The van der Waals surface area contributed by atoms with E-state index in [1.165, 1.54) is 36.4 Å². The van der Waals surface area contributed by atoms with Gasteiger partial charge in [-0.15, -0.1) is 0 Å². The van der Waals surface area contributed by atoms with Crippen LogP contribution in [0, 0.1) is 0 Å². The minimum absolute atomic E-state index is 0.367. The normalized spacial score (nSPS) is 12.4. The Morgan fingerprint density at radius 2 is 0.676 bits per heavy atom. The summed E-state index contributed by atoms with van der Waals surface area (Å²) in [5.74, 6) is -1.82. The minimum atomic E-state index is -5.18. The number of rotatable bonds is 12. The molecule has 3 aromatic carbocycles. The van der Waals surface area contributed by atoms with Gasteiger partial charge in [-0.25, -0.2) is 0 Å². The van der Waals surface area contributed by atoms with Crippen LogP contribution < -0.4 is 0 Å². The summed E-state index contributed by atoms with van der Waals surface area (Å²) in [5.41, 5.74) is 1.10. The van der Waals surface area contributed by atoms with E-state index < -0.39 is 70.4 Å². The molecule has 3 aromatic rings. The van der Waals surface area contributed by atoms with Crippen molar-refractivity contribution in [2.45, 2.75) is 17.3 Å². The average Bonchev–Trinajstić information content (AvgIpc) is 2.73. The van der Waals surface area contributed by atoms with Gasteiger partial charge in [0.25, 0.3) is 0 Å². The van der Waals surface area contributed by atoms with Crippen molar-refractivity contribution in [3.63, 3.8) is 0 Å². The second-order valence-electron chi connectivity index (χ2n) is 7.14. The van der Waals surface area contributed by atoms with Gasteiger partial charge in [0, 0.05) is 0 Å². The second kappa shape index (κ2) is 11.8. The van der Waals surface area contributed by atoms with Crippen molar-refractivity contribution >= 4 is 53.1 Å². The van der Waals surface area contributed by atoms with Gasteiger partial charge in [0.15, 0.2) is 0 Å². The maximum atomic E-state index is 12.6. The summed E-state index contributed by atoms with van der Waals surface area (Å²) in [7, 11) is -13.2. The van der Waals surface area contributed by atoms with Crippen LogP contribution in [-0.4, -0.2) is 48.0 Å². The van der Waals surface area contributed by atoms with E-state index in [1.807, 2.05) is 0 Å². The summed E-state index contributed by atoms with van der Waals surface area (Å²) >= 11 is -5.18. The van der Waals surface area contributed by atoms with Gasteiger partial charge >= 0.3 is 210 Å². The van der Waals surface area contributed by atoms with Crippen molar-refractivity contribution in [1.29, 1.82) is 0 Å². The van der Waals surface area contributed by atoms with E-state index in [-0.39, 0.29) is 0 Å². The summed E-state index contributed by atoms with van der Waals surface area (Å²) in [6.07, 6.45) is 0. The van der Waals surface area contributed by atoms with E-state index in [0.29, 0.717) is 16.7 Å². The Morgan fingerprint density at radius 1 is 0.441 bits per heavy atom. The van der Waals surface area contributed by atoms with Gasteiger partial charge < -0.3 is 0 Å². The first kappa shape index (κ1) is 26.9. The summed E-state index contributed by atoms with van der Waals surface area (Å²) in [6.45, 7) is 0. The fraction of sp³-hybridized carbons (Fsp3) is 0.143. The molecule has 13 heteroatoms. The molecule has 0 amide bonds. The Balaban J connectivity index is 1.81. The molecule has 9 nitrogen and oxygen atoms in total. The molecule has 0 fully saturated rings. The molecule has 0 aliphatic rings. The van der Waals surface area contributed by atoms with Crippen molar-refractivity contribution in [2.24, 2.45) is 0 Å². The molecule has 180 valence electrons. The van der Waals surface area contributed by atoms with Gasteiger partial charge in [0.1, 0.15) is 0 Å². The van der Waals surface area contributed by atoms with Crippen LogP contribution in [0.15, 0.2) is 91.0 Å². The number of hydrogen-bond donors (Lipinski definition) is 0. The van der Waals surface area contributed by atoms with Crippen molar-refractivity contribution in [2.75, 3.05) is 0 Å². The van der Waals surface area contributed by atoms with Crippen molar-refractivity contribution < 1.29 is 32.2 Å². The first-order valence-corrected chi connectivity index (χ1v) is 18.6. The van der Waals surface area contributed by atoms with Gasteiger partial charge in [-0.2, -0.15) is 0 Å². The molecule has 0 spiro atoms. The van der Waals surface area contributed by atoms with Crippen LogP contribution in [0.25, 0.3) is 0 Å². The van der Waals surface area contributed by atoms with Crippen molar-refractivity contribution in [3.05, 3.63) is 108 Å². The molecule has 0 saturated carbocycles. The van der Waals surface area contributed by atoms with Crippen LogP contribution in [0.4, 0.5) is 0 Å². The zero-order valence-electron chi connectivity index (χ0n) is 17.8. The van der Waals surface area contributed by atoms with Crippen LogP contribution in [0.5, 0.6) is 0 Å². The van der Waals surface area contributed by atoms with E-state index >= 15 is 0 Å². The van der Waals surface area contributed by atoms with Gasteiger partial charge in [-0.1, -0.05) is 0 Å². The fourth-order valence-electron chi connectivity index (χ4n) is 2.84. The van der Waals surface area contributed by atoms with Crippen LogP contribution >= 0.6 is 0 Å². The van der Waals surface area contributed by atoms with Gasteiger partial charge in [0.2, 0.25) is 0 Å². The molecular formula is C21H21InO9S3. The zero-order valence-corrected chi connectivity index (χ0v) is 23.5. The van der Waals surface area contributed by atoms with Crippen LogP contribution in [0.3, 0.4) is 0 Å². The molecule has 0 heterocycles. The molecule has 0 aliphatic heterocycles. The predicted molar refractivity (Wildman–Crippen MR) is 126 cm³/mol. The van der Waals surface area contributed by atoms with E-state index in [1.54, 1.807) is 54.6 Å². The predicted octanol–water partition coefficient (Wildman–Crippen LogP) is 2.61. The first-order chi connectivity index (χ1) is 16.0. The summed E-state index contributed by atoms with van der Waals surface area (Å²) in [6, 6.07) is 24.0. The zero-order chi connectivity index (χ0) is 24.7. The SMILES string of the molecule is O=S(=O)(Cc1ccccc1)[O][In]([O]S(=O)(=O)Cc1ccccc1)[O]S(=O)(=O)Cc1ccccc1. The third-order valence-corrected chi connectivity index (χ3v) is 19.2. The summed E-state index contributed by atoms with van der Waals surface area (Å²) in [5, 5.41) is 0. The molecule has 0 bridgehead atoms. The monoisotopic (exact) mass is 628 g/mol. The van der Waals surface area contributed by atoms with Crippen LogP contribution in [0.1, 0.15) is 16.7 Å². The Kier molecular flexibility index (Phi) is 9.32. The molecule has 0 N–H and O–H groups in total. The fourth-order valence-corrected chi connectivity index (χ4v) is 16.3. The number of hydrogen-bond acceptors (Lipinski definition) is 9. The van der Waals surface area contributed by atoms with Gasteiger partial charge in [-0.3, -0.25) is 0 Å². The Bertz CT molecular complexity index is 1200. The Morgan fingerprint density at radius 3 is 0.912 bits per heavy atom. The Hall–Kier alpha value is -1.74. The molecule has 0 aromatic heterocycles. The molecule has 0 unspecified atom stereocenters. The third-order valence-electron chi connectivity index (χ3n) is 4.23. The van der Waals surface area contributed by atoms with Crippen molar-refractivity contribution in [3.8, 4) is 0 Å². The molecule has 0 saturated heterocycles. The second-order valence-corrected chi connectivity index (χ2v) is 18.5. The average molecular weight is 628 g/mol. The number of benzene rings is 3. The molecule has 3 rings (SSSR count). The molecule has 34 heavy (non-hydrogen) atoms. The maximum absolute atomic E-state index is 12.6. The first-order valence-electron chi connectivity index (χ1n) is 9.87. The molecule has 0 aliphatic carbocycles. The van der Waals surface area contributed by atoms with Gasteiger partial charge in [-0.05, 0) is 0 Å². The van der Waals surface area contributed by atoms with E-state index in [9.17, 15) is 25.3 Å². The molecule has 0 atom stereocenters.